The average Bonchev–Trinajstić information content (AvgIpc) is 2.65. The summed E-state index contributed by atoms with van der Waals surface area (Å²) in [5, 5.41) is 20.9. The van der Waals surface area contributed by atoms with Gasteiger partial charge in [-0.3, -0.25) is 0 Å². The van der Waals surface area contributed by atoms with Crippen molar-refractivity contribution in [1.29, 1.82) is 0 Å². The van der Waals surface area contributed by atoms with Crippen LogP contribution in [0.15, 0.2) is 11.6 Å². The summed E-state index contributed by atoms with van der Waals surface area (Å²) >= 11 is 1.53. The summed E-state index contributed by atoms with van der Waals surface area (Å²) in [4.78, 5) is 6.15. The molecule has 1 atom stereocenters. The van der Waals surface area contributed by atoms with Crippen molar-refractivity contribution < 1.29 is 10.2 Å². The van der Waals surface area contributed by atoms with E-state index in [0.717, 1.165) is 5.13 Å². The number of hydrogen-bond acceptors (Lipinski definition) is 5. The van der Waals surface area contributed by atoms with Crippen molar-refractivity contribution in [2.45, 2.75) is 33.4 Å². The number of hydrogen-bond donors (Lipinski definition) is 2. The first-order valence-corrected chi connectivity index (χ1v) is 5.48. The van der Waals surface area contributed by atoms with Crippen LogP contribution in [0.5, 0.6) is 0 Å². The van der Waals surface area contributed by atoms with E-state index in [4.69, 9.17) is 5.11 Å². The molecule has 4 nitrogen and oxygen atoms in total. The molecule has 1 heterocycles. The van der Waals surface area contributed by atoms with Crippen molar-refractivity contribution in [2.75, 3.05) is 18.1 Å². The van der Waals surface area contributed by atoms with Gasteiger partial charge < -0.3 is 15.1 Å². The number of aliphatic hydroxyl groups excluding tert-OH is 2. The van der Waals surface area contributed by atoms with Crippen molar-refractivity contribution in [3.8, 4) is 0 Å². The molecule has 0 radical (unpaired) electrons. The fraction of sp³-hybridized carbons (Fsp3) is 0.700. The molecule has 0 aliphatic heterocycles. The van der Waals surface area contributed by atoms with Gasteiger partial charge in [0.25, 0.3) is 0 Å². The highest BCUT2D eigenvalue weighted by atomic mass is 32.1. The van der Waals surface area contributed by atoms with Crippen molar-refractivity contribution in [2.24, 2.45) is 0 Å². The first-order chi connectivity index (χ1) is 6.65. The van der Waals surface area contributed by atoms with E-state index in [2.05, 4.69) is 4.98 Å². The first kappa shape index (κ1) is 14.3. The van der Waals surface area contributed by atoms with Crippen LogP contribution in [-0.2, 0) is 0 Å². The van der Waals surface area contributed by atoms with Gasteiger partial charge in [0, 0.05) is 24.2 Å². The molecule has 0 fully saturated rings. The lowest BCUT2D eigenvalue weighted by Crippen LogP contribution is -2.38. The van der Waals surface area contributed by atoms with Gasteiger partial charge in [0.2, 0.25) is 0 Å². The molecule has 0 saturated heterocycles. The molecule has 88 valence electrons. The maximum absolute atomic E-state index is 9.36. The monoisotopic (exact) mass is 232 g/mol. The van der Waals surface area contributed by atoms with Gasteiger partial charge in [-0.05, 0) is 13.8 Å². The summed E-state index contributed by atoms with van der Waals surface area (Å²) in [5.74, 6) is 0. The van der Waals surface area contributed by atoms with Crippen LogP contribution in [0.1, 0.15) is 21.3 Å². The lowest BCUT2D eigenvalue weighted by atomic mass is 10.3. The van der Waals surface area contributed by atoms with Crippen molar-refractivity contribution in [1.82, 2.24) is 4.98 Å². The van der Waals surface area contributed by atoms with Crippen LogP contribution >= 0.6 is 11.3 Å². The zero-order chi connectivity index (χ0) is 10.6. The van der Waals surface area contributed by atoms with Gasteiger partial charge in [-0.25, -0.2) is 4.98 Å². The minimum absolute atomic E-state index is 0. The molecule has 1 aromatic rings. The van der Waals surface area contributed by atoms with Crippen molar-refractivity contribution in [3.05, 3.63) is 11.6 Å². The predicted octanol–water partition coefficient (Wildman–Crippen LogP) is 1.35. The fourth-order valence-electron chi connectivity index (χ4n) is 1.15. The topological polar surface area (TPSA) is 56.6 Å². The number of aliphatic hydroxyl groups is 2. The van der Waals surface area contributed by atoms with Crippen molar-refractivity contribution >= 4 is 16.5 Å². The molecule has 0 saturated carbocycles. The van der Waals surface area contributed by atoms with Crippen LogP contribution in [0.25, 0.3) is 0 Å². The van der Waals surface area contributed by atoms with E-state index in [1.165, 1.54) is 11.3 Å². The Kier molecular flexibility index (Phi) is 6.47. The second kappa shape index (κ2) is 6.76. The summed E-state index contributed by atoms with van der Waals surface area (Å²) < 4.78 is 0. The van der Waals surface area contributed by atoms with E-state index in [1.54, 1.807) is 6.20 Å². The highest BCUT2D eigenvalue weighted by Gasteiger charge is 2.16. The van der Waals surface area contributed by atoms with Gasteiger partial charge in [0.1, 0.15) is 0 Å². The summed E-state index contributed by atoms with van der Waals surface area (Å²) in [6.45, 7) is 4.27. The molecule has 0 bridgehead atoms. The number of rotatable bonds is 5. The quantitative estimate of drug-likeness (QED) is 0.804. The van der Waals surface area contributed by atoms with E-state index in [0.29, 0.717) is 6.54 Å². The largest absolute Gasteiger partial charge is 0.394 e. The molecule has 0 aliphatic rings. The Labute approximate surface area is 95.2 Å². The van der Waals surface area contributed by atoms with E-state index < -0.39 is 6.10 Å². The SMILES string of the molecule is C.CC(C)N(CC(O)CO)c1nccs1. The number of nitrogens with zero attached hydrogens (tertiary/aromatic N) is 2. The third-order valence-corrected chi connectivity index (χ3v) is 2.72. The highest BCUT2D eigenvalue weighted by molar-refractivity contribution is 7.13. The molecule has 1 unspecified atom stereocenters. The van der Waals surface area contributed by atoms with Crippen LogP contribution in [0.2, 0.25) is 0 Å². The van der Waals surface area contributed by atoms with Crippen LogP contribution in [0.3, 0.4) is 0 Å². The Bertz CT molecular complexity index is 252. The van der Waals surface area contributed by atoms with Gasteiger partial charge in [0.15, 0.2) is 5.13 Å². The Balaban J connectivity index is 0.00000196. The van der Waals surface area contributed by atoms with Gasteiger partial charge in [-0.2, -0.15) is 0 Å². The maximum atomic E-state index is 9.36. The zero-order valence-electron chi connectivity index (χ0n) is 8.42. The second-order valence-electron chi connectivity index (χ2n) is 3.40. The van der Waals surface area contributed by atoms with Crippen molar-refractivity contribution in [3.63, 3.8) is 0 Å². The molecule has 0 amide bonds. The molecule has 1 rings (SSSR count). The minimum Gasteiger partial charge on any atom is -0.394 e. The zero-order valence-corrected chi connectivity index (χ0v) is 9.24. The molecule has 5 heteroatoms. The van der Waals surface area contributed by atoms with E-state index >= 15 is 0 Å². The number of anilines is 1. The summed E-state index contributed by atoms with van der Waals surface area (Å²) in [5.41, 5.74) is 0. The second-order valence-corrected chi connectivity index (χ2v) is 4.27. The van der Waals surface area contributed by atoms with Crippen LogP contribution in [-0.4, -0.2) is 40.5 Å². The van der Waals surface area contributed by atoms with Gasteiger partial charge in [-0.1, -0.05) is 7.43 Å². The molecule has 2 N–H and O–H groups in total. The summed E-state index contributed by atoms with van der Waals surface area (Å²) in [6.07, 6.45) is 1.03. The number of thiazole rings is 1. The number of aromatic nitrogens is 1. The minimum atomic E-state index is -0.707. The summed E-state index contributed by atoms with van der Waals surface area (Å²) in [7, 11) is 0. The molecule has 15 heavy (non-hydrogen) atoms. The predicted molar refractivity (Wildman–Crippen MR) is 64.4 cm³/mol. The van der Waals surface area contributed by atoms with Crippen LogP contribution in [0, 0.1) is 0 Å². The average molecular weight is 232 g/mol. The Hall–Kier alpha value is -0.650. The normalized spacial score (nSPS) is 12.3. The van der Waals surface area contributed by atoms with Crippen LogP contribution < -0.4 is 4.90 Å². The molecule has 0 aliphatic carbocycles. The third-order valence-electron chi connectivity index (χ3n) is 1.91. The van der Waals surface area contributed by atoms with E-state index in [1.807, 2.05) is 24.1 Å². The Morgan fingerprint density at radius 3 is 2.60 bits per heavy atom. The molecule has 0 aromatic carbocycles. The maximum Gasteiger partial charge on any atom is 0.185 e. The molecule has 1 aromatic heterocycles. The highest BCUT2D eigenvalue weighted by Crippen LogP contribution is 2.19. The molecule has 0 spiro atoms. The lowest BCUT2D eigenvalue weighted by molar-refractivity contribution is 0.0988. The standard InChI is InChI=1S/C9H16N2O2S.CH4/c1-7(2)11(5-8(13)6-12)9-10-3-4-14-9;/h3-4,7-8,12-13H,5-6H2,1-2H3;1H4. The summed E-state index contributed by atoms with van der Waals surface area (Å²) in [6, 6.07) is 0.266. The molecular weight excluding hydrogens is 212 g/mol. The van der Waals surface area contributed by atoms with Gasteiger partial charge in [0.05, 0.1) is 12.7 Å². The fourth-order valence-corrected chi connectivity index (χ4v) is 1.94. The Morgan fingerprint density at radius 2 is 2.20 bits per heavy atom. The van der Waals surface area contributed by atoms with E-state index in [-0.39, 0.29) is 20.1 Å². The van der Waals surface area contributed by atoms with Gasteiger partial charge >= 0.3 is 0 Å². The van der Waals surface area contributed by atoms with Crippen LogP contribution in [0.4, 0.5) is 5.13 Å². The molecular formula is C10H20N2O2S. The lowest BCUT2D eigenvalue weighted by Gasteiger charge is -2.27. The Morgan fingerprint density at radius 1 is 1.53 bits per heavy atom. The van der Waals surface area contributed by atoms with Gasteiger partial charge in [-0.15, -0.1) is 11.3 Å². The third kappa shape index (κ3) is 4.15. The first-order valence-electron chi connectivity index (χ1n) is 4.60. The smallest absolute Gasteiger partial charge is 0.185 e. The van der Waals surface area contributed by atoms with E-state index in [9.17, 15) is 5.11 Å².